The minimum absolute atomic E-state index is 0.182. The summed E-state index contributed by atoms with van der Waals surface area (Å²) in [5.74, 6) is 0.583. The molecule has 19 heavy (non-hydrogen) atoms. The normalized spacial score (nSPS) is 10.7. The maximum atomic E-state index is 11.8. The first-order chi connectivity index (χ1) is 9.16. The molecule has 0 aliphatic heterocycles. The van der Waals surface area contributed by atoms with E-state index in [-0.39, 0.29) is 6.03 Å². The molecule has 2 rings (SSSR count). The van der Waals surface area contributed by atoms with Crippen molar-refractivity contribution in [1.82, 2.24) is 10.3 Å². The number of para-hydroxylation sites is 1. The van der Waals surface area contributed by atoms with Gasteiger partial charge in [-0.1, -0.05) is 32.0 Å². The molecule has 4 nitrogen and oxygen atoms in total. The second-order valence-electron chi connectivity index (χ2n) is 4.94. The van der Waals surface area contributed by atoms with E-state index >= 15 is 0 Å². The summed E-state index contributed by atoms with van der Waals surface area (Å²) in [5.41, 5.74) is 1.55. The van der Waals surface area contributed by atoms with Gasteiger partial charge in [0.1, 0.15) is 0 Å². The van der Waals surface area contributed by atoms with Gasteiger partial charge >= 0.3 is 6.03 Å². The average Bonchev–Trinajstić information content (AvgIpc) is 2.39. The van der Waals surface area contributed by atoms with Gasteiger partial charge in [0.25, 0.3) is 0 Å². The van der Waals surface area contributed by atoms with Crippen LogP contribution >= 0.6 is 0 Å². The van der Waals surface area contributed by atoms with E-state index < -0.39 is 0 Å². The quantitative estimate of drug-likeness (QED) is 0.882. The number of urea groups is 1. The third-order valence-corrected chi connectivity index (χ3v) is 2.89. The van der Waals surface area contributed by atoms with Gasteiger partial charge in [0.2, 0.25) is 0 Å². The fraction of sp³-hybridized carbons (Fsp3) is 0.333. The number of fused-ring (bicyclic) bond motifs is 1. The van der Waals surface area contributed by atoms with Gasteiger partial charge in [-0.2, -0.15) is 0 Å². The highest BCUT2D eigenvalue weighted by Gasteiger charge is 2.05. The van der Waals surface area contributed by atoms with Crippen molar-refractivity contribution in [1.29, 1.82) is 0 Å². The van der Waals surface area contributed by atoms with Crippen molar-refractivity contribution in [2.24, 2.45) is 5.92 Å². The lowest BCUT2D eigenvalue weighted by Crippen LogP contribution is -2.30. The van der Waals surface area contributed by atoms with Crippen molar-refractivity contribution in [2.75, 3.05) is 11.9 Å². The number of carbonyl (C=O) groups excluding carboxylic acids is 1. The van der Waals surface area contributed by atoms with Crippen molar-refractivity contribution in [3.63, 3.8) is 0 Å². The van der Waals surface area contributed by atoms with Crippen LogP contribution in [0, 0.1) is 5.92 Å². The number of carbonyl (C=O) groups is 1. The largest absolute Gasteiger partial charge is 0.338 e. The molecule has 0 atom stereocenters. The molecular formula is C15H19N3O. The lowest BCUT2D eigenvalue weighted by atomic mass is 10.1. The summed E-state index contributed by atoms with van der Waals surface area (Å²) >= 11 is 0. The number of benzene rings is 1. The molecular weight excluding hydrogens is 238 g/mol. The smallest absolute Gasteiger partial charge is 0.319 e. The molecule has 0 spiro atoms. The Hall–Kier alpha value is -2.10. The van der Waals surface area contributed by atoms with E-state index in [1.807, 2.05) is 30.3 Å². The van der Waals surface area contributed by atoms with E-state index in [9.17, 15) is 4.79 Å². The Kier molecular flexibility index (Phi) is 4.34. The molecule has 0 aliphatic carbocycles. The van der Waals surface area contributed by atoms with Crippen LogP contribution in [-0.2, 0) is 0 Å². The molecule has 1 aromatic heterocycles. The highest BCUT2D eigenvalue weighted by Crippen LogP contribution is 2.20. The van der Waals surface area contributed by atoms with E-state index in [0.29, 0.717) is 12.5 Å². The zero-order chi connectivity index (χ0) is 13.7. The Balaban J connectivity index is 2.03. The van der Waals surface area contributed by atoms with Gasteiger partial charge < -0.3 is 10.6 Å². The van der Waals surface area contributed by atoms with Crippen LogP contribution in [0.25, 0.3) is 10.9 Å². The van der Waals surface area contributed by atoms with Crippen LogP contribution in [0.3, 0.4) is 0 Å². The number of aromatic nitrogens is 1. The number of pyridine rings is 1. The molecule has 0 bridgehead atoms. The molecule has 0 aliphatic rings. The predicted octanol–water partition coefficient (Wildman–Crippen LogP) is 3.40. The van der Waals surface area contributed by atoms with Crippen LogP contribution in [0.5, 0.6) is 0 Å². The first-order valence-corrected chi connectivity index (χ1v) is 6.55. The van der Waals surface area contributed by atoms with Crippen LogP contribution in [-0.4, -0.2) is 17.6 Å². The van der Waals surface area contributed by atoms with E-state index in [2.05, 4.69) is 29.5 Å². The van der Waals surface area contributed by atoms with Crippen LogP contribution in [0.15, 0.2) is 36.5 Å². The van der Waals surface area contributed by atoms with Gasteiger partial charge in [-0.3, -0.25) is 4.98 Å². The van der Waals surface area contributed by atoms with Gasteiger partial charge in [-0.25, -0.2) is 4.79 Å². The molecule has 0 saturated carbocycles. The van der Waals surface area contributed by atoms with Crippen molar-refractivity contribution < 1.29 is 4.79 Å². The minimum atomic E-state index is -0.182. The third kappa shape index (κ3) is 3.68. The topological polar surface area (TPSA) is 54.0 Å². The second-order valence-corrected chi connectivity index (χ2v) is 4.94. The maximum Gasteiger partial charge on any atom is 0.319 e. The average molecular weight is 257 g/mol. The Labute approximate surface area is 113 Å². The first-order valence-electron chi connectivity index (χ1n) is 6.55. The molecule has 100 valence electrons. The lowest BCUT2D eigenvalue weighted by molar-refractivity contribution is 0.251. The molecule has 2 N–H and O–H groups in total. The lowest BCUT2D eigenvalue weighted by Gasteiger charge is -2.10. The molecule has 1 aromatic carbocycles. The molecule has 2 amide bonds. The van der Waals surface area contributed by atoms with Crippen LogP contribution in [0.1, 0.15) is 20.3 Å². The number of nitrogens with zero attached hydrogens (tertiary/aromatic N) is 1. The van der Waals surface area contributed by atoms with E-state index in [1.54, 1.807) is 6.20 Å². The van der Waals surface area contributed by atoms with Crippen molar-refractivity contribution >= 4 is 22.6 Å². The van der Waals surface area contributed by atoms with Gasteiger partial charge in [0.15, 0.2) is 0 Å². The SMILES string of the molecule is CC(C)CCNC(=O)Nc1cccc2cccnc12. The summed E-state index contributed by atoms with van der Waals surface area (Å²) in [7, 11) is 0. The van der Waals surface area contributed by atoms with Gasteiger partial charge in [0, 0.05) is 18.1 Å². The Morgan fingerprint density at radius 2 is 2.05 bits per heavy atom. The molecule has 0 saturated heterocycles. The van der Waals surface area contributed by atoms with Gasteiger partial charge in [-0.05, 0) is 24.5 Å². The number of hydrogen-bond donors (Lipinski definition) is 2. The van der Waals surface area contributed by atoms with Crippen LogP contribution < -0.4 is 10.6 Å². The number of anilines is 1. The second kappa shape index (κ2) is 6.18. The monoisotopic (exact) mass is 257 g/mol. The number of rotatable bonds is 4. The maximum absolute atomic E-state index is 11.8. The Bertz CT molecular complexity index is 561. The molecule has 4 heteroatoms. The van der Waals surface area contributed by atoms with Crippen molar-refractivity contribution in [3.05, 3.63) is 36.5 Å². The van der Waals surface area contributed by atoms with Gasteiger partial charge in [-0.15, -0.1) is 0 Å². The Morgan fingerprint density at radius 3 is 2.84 bits per heavy atom. The molecule has 0 fully saturated rings. The summed E-state index contributed by atoms with van der Waals surface area (Å²) < 4.78 is 0. The highest BCUT2D eigenvalue weighted by molar-refractivity contribution is 5.99. The van der Waals surface area contributed by atoms with E-state index in [0.717, 1.165) is 23.0 Å². The number of nitrogens with one attached hydrogen (secondary N) is 2. The highest BCUT2D eigenvalue weighted by atomic mass is 16.2. The summed E-state index contributed by atoms with van der Waals surface area (Å²) in [6, 6.07) is 9.42. The van der Waals surface area contributed by atoms with Crippen LogP contribution in [0.2, 0.25) is 0 Å². The molecule has 1 heterocycles. The number of hydrogen-bond acceptors (Lipinski definition) is 2. The summed E-state index contributed by atoms with van der Waals surface area (Å²) in [6.45, 7) is 4.95. The fourth-order valence-corrected chi connectivity index (χ4v) is 1.85. The van der Waals surface area contributed by atoms with E-state index in [4.69, 9.17) is 0 Å². The van der Waals surface area contributed by atoms with Crippen molar-refractivity contribution in [2.45, 2.75) is 20.3 Å². The first kappa shape index (κ1) is 13.3. The molecule has 2 aromatic rings. The minimum Gasteiger partial charge on any atom is -0.338 e. The Morgan fingerprint density at radius 1 is 1.26 bits per heavy atom. The van der Waals surface area contributed by atoms with Crippen LogP contribution in [0.4, 0.5) is 10.5 Å². The predicted molar refractivity (Wildman–Crippen MR) is 78.2 cm³/mol. The summed E-state index contributed by atoms with van der Waals surface area (Å²) in [4.78, 5) is 16.1. The molecule has 0 radical (unpaired) electrons. The standard InChI is InChI=1S/C15H19N3O/c1-11(2)8-10-17-15(19)18-13-7-3-5-12-6-4-9-16-14(12)13/h3-7,9,11H,8,10H2,1-2H3,(H2,17,18,19). The number of amides is 2. The molecule has 0 unspecified atom stereocenters. The third-order valence-electron chi connectivity index (χ3n) is 2.89. The fourth-order valence-electron chi connectivity index (χ4n) is 1.85. The summed E-state index contributed by atoms with van der Waals surface area (Å²) in [6.07, 6.45) is 2.70. The summed E-state index contributed by atoms with van der Waals surface area (Å²) in [5, 5.41) is 6.71. The van der Waals surface area contributed by atoms with E-state index in [1.165, 1.54) is 0 Å². The zero-order valence-electron chi connectivity index (χ0n) is 11.3. The van der Waals surface area contributed by atoms with Gasteiger partial charge in [0.05, 0.1) is 11.2 Å². The zero-order valence-corrected chi connectivity index (χ0v) is 11.3. The van der Waals surface area contributed by atoms with Crippen molar-refractivity contribution in [3.8, 4) is 0 Å².